The van der Waals surface area contributed by atoms with Crippen LogP contribution in [0.15, 0.2) is 24.8 Å². The van der Waals surface area contributed by atoms with E-state index in [0.717, 1.165) is 0 Å². The summed E-state index contributed by atoms with van der Waals surface area (Å²) in [5.74, 6) is -0.561. The minimum Gasteiger partial charge on any atom is -0.456 e. The van der Waals surface area contributed by atoms with Crippen LogP contribution in [0.4, 0.5) is 9.18 Å². The number of hydrogen-bond donors (Lipinski definition) is 0. The van der Waals surface area contributed by atoms with Crippen molar-refractivity contribution >= 4 is 12.1 Å². The van der Waals surface area contributed by atoms with Gasteiger partial charge in [0.1, 0.15) is 18.3 Å². The number of carbonyl (C=O) groups excluding carboxylic acids is 2. The predicted molar refractivity (Wildman–Crippen MR) is 108 cm³/mol. The zero-order valence-corrected chi connectivity index (χ0v) is 18.2. The topological polar surface area (TPSA) is 65.1 Å². The molecular formula is C21H36FNO5. The average Bonchev–Trinajstić information content (AvgIpc) is 2.58. The predicted octanol–water partition coefficient (Wildman–Crippen LogP) is 4.30. The summed E-state index contributed by atoms with van der Waals surface area (Å²) in [4.78, 5) is 26.2. The Bertz CT molecular complexity index is 527. The fraction of sp³-hybridized carbons (Fsp3) is 0.714. The van der Waals surface area contributed by atoms with Crippen LogP contribution in [0.25, 0.3) is 0 Å². The zero-order chi connectivity index (χ0) is 21.9. The van der Waals surface area contributed by atoms with E-state index in [1.807, 2.05) is 13.8 Å². The average molecular weight is 402 g/mol. The van der Waals surface area contributed by atoms with E-state index >= 15 is 0 Å². The molecule has 0 aromatic rings. The Balaban J connectivity index is 5.04. The molecule has 6 nitrogen and oxygen atoms in total. The lowest BCUT2D eigenvalue weighted by atomic mass is 10.0. The smallest absolute Gasteiger partial charge is 0.410 e. The summed E-state index contributed by atoms with van der Waals surface area (Å²) in [6, 6.07) is -0.873. The number of rotatable bonds is 11. The maximum Gasteiger partial charge on any atom is 0.410 e. The molecule has 0 fully saturated rings. The number of ether oxygens (including phenoxy) is 3. The van der Waals surface area contributed by atoms with E-state index in [-0.39, 0.29) is 18.6 Å². The summed E-state index contributed by atoms with van der Waals surface area (Å²) in [7, 11) is 1.48. The highest BCUT2D eigenvalue weighted by molar-refractivity contribution is 5.81. The molecule has 28 heavy (non-hydrogen) atoms. The van der Waals surface area contributed by atoms with Crippen molar-refractivity contribution in [1.82, 2.24) is 4.90 Å². The van der Waals surface area contributed by atoms with Crippen molar-refractivity contribution in [1.29, 1.82) is 0 Å². The molecule has 1 amide bonds. The second-order valence-corrected chi connectivity index (χ2v) is 8.11. The third kappa shape index (κ3) is 11.1. The van der Waals surface area contributed by atoms with Crippen LogP contribution >= 0.6 is 0 Å². The van der Waals surface area contributed by atoms with Crippen molar-refractivity contribution in [2.45, 2.75) is 71.8 Å². The van der Waals surface area contributed by atoms with Gasteiger partial charge in [0, 0.05) is 7.05 Å². The molecule has 0 aromatic heterocycles. The Morgan fingerprint density at radius 1 is 1.21 bits per heavy atom. The van der Waals surface area contributed by atoms with Crippen molar-refractivity contribution in [3.8, 4) is 0 Å². The molecule has 1 unspecified atom stereocenters. The molecule has 0 aliphatic heterocycles. The number of nitrogens with zero attached hydrogens (tertiary/aromatic N) is 1. The Morgan fingerprint density at radius 2 is 1.82 bits per heavy atom. The monoisotopic (exact) mass is 401 g/mol. The number of likely N-dealkylation sites (N-methyl/N-ethyl adjacent to an activating group) is 1. The van der Waals surface area contributed by atoms with Crippen molar-refractivity contribution in [3.63, 3.8) is 0 Å². The fourth-order valence-electron chi connectivity index (χ4n) is 2.22. The first-order chi connectivity index (χ1) is 12.9. The molecule has 0 saturated heterocycles. The summed E-state index contributed by atoms with van der Waals surface area (Å²) in [5, 5.41) is 0. The highest BCUT2D eigenvalue weighted by atomic mass is 19.1. The van der Waals surface area contributed by atoms with Crippen molar-refractivity contribution in [3.05, 3.63) is 24.8 Å². The van der Waals surface area contributed by atoms with E-state index < -0.39 is 36.5 Å². The first-order valence-electron chi connectivity index (χ1n) is 9.54. The van der Waals surface area contributed by atoms with Gasteiger partial charge in [-0.25, -0.2) is 14.0 Å². The molecule has 0 saturated carbocycles. The van der Waals surface area contributed by atoms with E-state index in [1.165, 1.54) is 11.9 Å². The number of halogens is 1. The van der Waals surface area contributed by atoms with Crippen LogP contribution in [-0.2, 0) is 19.0 Å². The highest BCUT2D eigenvalue weighted by Gasteiger charge is 2.33. The van der Waals surface area contributed by atoms with E-state index in [0.29, 0.717) is 6.42 Å². The lowest BCUT2D eigenvalue weighted by molar-refractivity contribution is -0.160. The van der Waals surface area contributed by atoms with Crippen molar-refractivity contribution in [2.24, 2.45) is 5.92 Å². The molecule has 0 rings (SSSR count). The summed E-state index contributed by atoms with van der Waals surface area (Å²) in [5.41, 5.74) is -0.692. The molecule has 0 heterocycles. The van der Waals surface area contributed by atoms with E-state index in [1.54, 1.807) is 45.9 Å². The van der Waals surface area contributed by atoms with E-state index in [4.69, 9.17) is 14.2 Å². The van der Waals surface area contributed by atoms with Crippen LogP contribution < -0.4 is 0 Å². The van der Waals surface area contributed by atoms with Gasteiger partial charge in [-0.2, -0.15) is 0 Å². The van der Waals surface area contributed by atoms with Crippen LogP contribution in [0.5, 0.6) is 0 Å². The highest BCUT2D eigenvalue weighted by Crippen LogP contribution is 2.17. The molecule has 0 aromatic carbocycles. The molecule has 0 radical (unpaired) electrons. The summed E-state index contributed by atoms with van der Waals surface area (Å²) in [6.45, 7) is 13.5. The number of alkyl halides is 1. The van der Waals surface area contributed by atoms with Gasteiger partial charge in [-0.05, 0) is 40.0 Å². The molecule has 0 N–H and O–H groups in total. The van der Waals surface area contributed by atoms with Gasteiger partial charge in [0.25, 0.3) is 0 Å². The van der Waals surface area contributed by atoms with Crippen molar-refractivity contribution in [2.75, 3.05) is 20.3 Å². The lowest BCUT2D eigenvalue weighted by Crippen LogP contribution is -2.47. The van der Waals surface area contributed by atoms with Crippen molar-refractivity contribution < 1.29 is 28.2 Å². The van der Waals surface area contributed by atoms with Crippen LogP contribution in [-0.4, -0.2) is 61.1 Å². The van der Waals surface area contributed by atoms with Gasteiger partial charge in [0.15, 0.2) is 6.10 Å². The van der Waals surface area contributed by atoms with E-state index in [2.05, 4.69) is 6.58 Å². The van der Waals surface area contributed by atoms with Crippen LogP contribution in [0, 0.1) is 5.92 Å². The molecular weight excluding hydrogens is 365 g/mol. The van der Waals surface area contributed by atoms with Gasteiger partial charge in [-0.3, -0.25) is 4.90 Å². The van der Waals surface area contributed by atoms with Gasteiger partial charge in [-0.1, -0.05) is 38.7 Å². The maximum atomic E-state index is 13.3. The SMILES string of the molecule is C=C/C=C\C(C)OC[C@@H](CF)OC(=O)[C@H](CC(C)C)N(C)C(=O)OC(C)(C)C. The number of allylic oxidation sites excluding steroid dienone is 2. The number of carbonyl (C=O) groups is 2. The molecule has 0 aliphatic rings. The second-order valence-electron chi connectivity index (χ2n) is 8.11. The molecule has 7 heteroatoms. The first-order valence-corrected chi connectivity index (χ1v) is 9.54. The van der Waals surface area contributed by atoms with Crippen LogP contribution in [0.1, 0.15) is 48.0 Å². The fourth-order valence-corrected chi connectivity index (χ4v) is 2.22. The van der Waals surface area contributed by atoms with Gasteiger partial charge < -0.3 is 14.2 Å². The van der Waals surface area contributed by atoms with Crippen LogP contribution in [0.2, 0.25) is 0 Å². The normalized spacial score (nSPS) is 15.2. The standard InChI is InChI=1S/C21H36FNO5/c1-9-10-11-16(4)26-14-17(13-22)27-19(24)18(12-15(2)3)23(8)20(25)28-21(5,6)7/h9-11,15-18H,1,12-14H2,2-8H3/b11-10-/t16?,17-,18+/m1/s1. The number of amides is 1. The minimum absolute atomic E-state index is 0.0879. The quantitative estimate of drug-likeness (QED) is 0.382. The molecule has 0 spiro atoms. The van der Waals surface area contributed by atoms with Gasteiger partial charge in [0.2, 0.25) is 0 Å². The number of esters is 1. The zero-order valence-electron chi connectivity index (χ0n) is 18.2. The first kappa shape index (κ1) is 26.1. The number of hydrogen-bond acceptors (Lipinski definition) is 5. The third-order valence-electron chi connectivity index (χ3n) is 3.63. The summed E-state index contributed by atoms with van der Waals surface area (Å²) < 4.78 is 29.4. The Kier molecular flexibility index (Phi) is 11.7. The third-order valence-corrected chi connectivity index (χ3v) is 3.63. The molecule has 162 valence electrons. The summed E-state index contributed by atoms with van der Waals surface area (Å²) in [6.07, 6.45) is 3.49. The van der Waals surface area contributed by atoms with Gasteiger partial charge in [-0.15, -0.1) is 0 Å². The molecule has 3 atom stereocenters. The Hall–Kier alpha value is -1.89. The lowest BCUT2D eigenvalue weighted by Gasteiger charge is -2.31. The second kappa shape index (κ2) is 12.5. The van der Waals surface area contributed by atoms with E-state index in [9.17, 15) is 14.0 Å². The van der Waals surface area contributed by atoms with Crippen LogP contribution in [0.3, 0.4) is 0 Å². The Morgan fingerprint density at radius 3 is 2.29 bits per heavy atom. The maximum absolute atomic E-state index is 13.3. The molecule has 0 bridgehead atoms. The molecule has 0 aliphatic carbocycles. The Labute approximate surface area is 168 Å². The van der Waals surface area contributed by atoms with Gasteiger partial charge in [0.05, 0.1) is 12.7 Å². The largest absolute Gasteiger partial charge is 0.456 e. The minimum atomic E-state index is -1.05. The van der Waals surface area contributed by atoms with Gasteiger partial charge >= 0.3 is 12.1 Å². The summed E-state index contributed by atoms with van der Waals surface area (Å²) >= 11 is 0.